The summed E-state index contributed by atoms with van der Waals surface area (Å²) in [7, 11) is 0. The van der Waals surface area contributed by atoms with Crippen molar-refractivity contribution >= 4 is 5.91 Å². The fourth-order valence-corrected chi connectivity index (χ4v) is 1.76. The molecule has 0 spiro atoms. The van der Waals surface area contributed by atoms with Crippen molar-refractivity contribution in [2.45, 2.75) is 33.7 Å². The molecule has 1 aromatic rings. The minimum absolute atomic E-state index is 0.0287. The van der Waals surface area contributed by atoms with Crippen LogP contribution in [0.2, 0.25) is 0 Å². The molecular formula is C15H24N2O2. The molecule has 0 saturated carbocycles. The first-order chi connectivity index (χ1) is 8.90. The van der Waals surface area contributed by atoms with Crippen LogP contribution in [0.25, 0.3) is 0 Å². The van der Waals surface area contributed by atoms with E-state index in [0.717, 1.165) is 5.75 Å². The Hall–Kier alpha value is -1.55. The lowest BCUT2D eigenvalue weighted by molar-refractivity contribution is -0.125. The number of hydrogen-bond acceptors (Lipinski definition) is 3. The summed E-state index contributed by atoms with van der Waals surface area (Å²) in [6.07, 6.45) is 0. The van der Waals surface area contributed by atoms with Crippen LogP contribution in [0, 0.1) is 19.8 Å². The van der Waals surface area contributed by atoms with Gasteiger partial charge in [-0.3, -0.25) is 4.79 Å². The van der Waals surface area contributed by atoms with Crippen molar-refractivity contribution in [1.82, 2.24) is 5.32 Å². The maximum atomic E-state index is 11.7. The predicted molar refractivity (Wildman–Crippen MR) is 77.2 cm³/mol. The summed E-state index contributed by atoms with van der Waals surface area (Å²) in [5, 5.41) is 2.82. The molecule has 2 unspecified atom stereocenters. The molecule has 0 aliphatic heterocycles. The molecule has 4 heteroatoms. The van der Waals surface area contributed by atoms with E-state index in [1.807, 2.05) is 39.8 Å². The normalized spacial score (nSPS) is 13.7. The first kappa shape index (κ1) is 15.5. The fourth-order valence-electron chi connectivity index (χ4n) is 1.76. The van der Waals surface area contributed by atoms with Crippen LogP contribution in [0.4, 0.5) is 0 Å². The third-order valence-corrected chi connectivity index (χ3v) is 3.07. The second kappa shape index (κ2) is 7.14. The Bertz CT molecular complexity index is 410. The molecule has 0 heterocycles. The monoisotopic (exact) mass is 264 g/mol. The highest BCUT2D eigenvalue weighted by atomic mass is 16.5. The van der Waals surface area contributed by atoms with Crippen LogP contribution in [0.1, 0.15) is 25.0 Å². The maximum absolute atomic E-state index is 11.7. The molecule has 4 nitrogen and oxygen atoms in total. The van der Waals surface area contributed by atoms with Crippen molar-refractivity contribution in [3.8, 4) is 5.75 Å². The minimum Gasteiger partial charge on any atom is -0.492 e. The van der Waals surface area contributed by atoms with Crippen LogP contribution < -0.4 is 15.8 Å². The van der Waals surface area contributed by atoms with Crippen molar-refractivity contribution in [3.05, 3.63) is 29.3 Å². The molecule has 1 aromatic carbocycles. The number of aryl methyl sites for hydroxylation is 2. The fraction of sp³-hybridized carbons (Fsp3) is 0.533. The van der Waals surface area contributed by atoms with Crippen molar-refractivity contribution in [2.24, 2.45) is 11.7 Å². The summed E-state index contributed by atoms with van der Waals surface area (Å²) in [6, 6.07) is 5.93. The van der Waals surface area contributed by atoms with E-state index in [4.69, 9.17) is 10.5 Å². The van der Waals surface area contributed by atoms with Crippen LogP contribution in [0.5, 0.6) is 5.75 Å². The number of hydrogen-bond donors (Lipinski definition) is 2. The molecule has 19 heavy (non-hydrogen) atoms. The third kappa shape index (κ3) is 5.30. The van der Waals surface area contributed by atoms with Gasteiger partial charge in [-0.1, -0.05) is 13.0 Å². The molecule has 0 bridgehead atoms. The third-order valence-electron chi connectivity index (χ3n) is 3.07. The van der Waals surface area contributed by atoms with E-state index in [0.29, 0.717) is 13.2 Å². The highest BCUT2D eigenvalue weighted by Crippen LogP contribution is 2.15. The molecule has 3 N–H and O–H groups in total. The van der Waals surface area contributed by atoms with Crippen LogP contribution in [0.15, 0.2) is 18.2 Å². The predicted octanol–water partition coefficient (Wildman–Crippen LogP) is 1.78. The van der Waals surface area contributed by atoms with Crippen molar-refractivity contribution in [2.75, 3.05) is 13.2 Å². The Morgan fingerprint density at radius 1 is 1.26 bits per heavy atom. The van der Waals surface area contributed by atoms with Crippen LogP contribution in [-0.4, -0.2) is 25.1 Å². The molecular weight excluding hydrogens is 240 g/mol. The number of rotatable bonds is 6. The Balaban J connectivity index is 2.33. The van der Waals surface area contributed by atoms with Gasteiger partial charge in [0.1, 0.15) is 12.4 Å². The quantitative estimate of drug-likeness (QED) is 0.770. The average Bonchev–Trinajstić information content (AvgIpc) is 2.32. The van der Waals surface area contributed by atoms with Gasteiger partial charge >= 0.3 is 0 Å². The SMILES string of the molecule is Cc1cc(C)cc(OCCNC(=O)C(C)C(C)N)c1. The van der Waals surface area contributed by atoms with Gasteiger partial charge in [-0.15, -0.1) is 0 Å². The number of nitrogens with one attached hydrogen (secondary N) is 1. The Morgan fingerprint density at radius 2 is 1.84 bits per heavy atom. The van der Waals surface area contributed by atoms with Gasteiger partial charge in [-0.2, -0.15) is 0 Å². The van der Waals surface area contributed by atoms with E-state index in [1.54, 1.807) is 0 Å². The zero-order chi connectivity index (χ0) is 14.4. The molecule has 1 rings (SSSR count). The lowest BCUT2D eigenvalue weighted by Crippen LogP contribution is -2.40. The van der Waals surface area contributed by atoms with E-state index in [1.165, 1.54) is 11.1 Å². The van der Waals surface area contributed by atoms with Gasteiger partial charge in [0.05, 0.1) is 6.54 Å². The summed E-state index contributed by atoms with van der Waals surface area (Å²) in [5.74, 6) is 0.632. The topological polar surface area (TPSA) is 64.3 Å². The van der Waals surface area contributed by atoms with Crippen molar-refractivity contribution in [1.29, 1.82) is 0 Å². The Labute approximate surface area is 115 Å². The molecule has 0 aliphatic rings. The standard InChI is InChI=1S/C15H24N2O2/c1-10-7-11(2)9-14(8-10)19-6-5-17-15(18)12(3)13(4)16/h7-9,12-13H,5-6,16H2,1-4H3,(H,17,18). The molecule has 2 atom stereocenters. The van der Waals surface area contributed by atoms with Crippen molar-refractivity contribution in [3.63, 3.8) is 0 Å². The average molecular weight is 264 g/mol. The largest absolute Gasteiger partial charge is 0.492 e. The van der Waals surface area contributed by atoms with Gasteiger partial charge in [0.2, 0.25) is 5.91 Å². The first-order valence-corrected chi connectivity index (χ1v) is 6.64. The van der Waals surface area contributed by atoms with Gasteiger partial charge < -0.3 is 15.8 Å². The number of ether oxygens (including phenoxy) is 1. The van der Waals surface area contributed by atoms with E-state index in [9.17, 15) is 4.79 Å². The summed E-state index contributed by atoms with van der Waals surface area (Å²) in [5.41, 5.74) is 8.02. The number of carbonyl (C=O) groups excluding carboxylic acids is 1. The second-order valence-electron chi connectivity index (χ2n) is 5.11. The van der Waals surface area contributed by atoms with Crippen LogP contribution in [0.3, 0.4) is 0 Å². The number of amides is 1. The molecule has 0 fully saturated rings. The highest BCUT2D eigenvalue weighted by Gasteiger charge is 2.15. The Kier molecular flexibility index (Phi) is 5.83. The summed E-state index contributed by atoms with van der Waals surface area (Å²) in [6.45, 7) is 8.67. The van der Waals surface area contributed by atoms with E-state index < -0.39 is 0 Å². The summed E-state index contributed by atoms with van der Waals surface area (Å²) >= 11 is 0. The molecule has 0 aliphatic carbocycles. The number of carbonyl (C=O) groups is 1. The van der Waals surface area contributed by atoms with Gasteiger partial charge in [0, 0.05) is 12.0 Å². The van der Waals surface area contributed by atoms with Crippen molar-refractivity contribution < 1.29 is 9.53 Å². The molecule has 0 aromatic heterocycles. The lowest BCUT2D eigenvalue weighted by atomic mass is 10.0. The van der Waals surface area contributed by atoms with E-state index >= 15 is 0 Å². The molecule has 1 amide bonds. The molecule has 0 radical (unpaired) electrons. The van der Waals surface area contributed by atoms with Gasteiger partial charge in [-0.05, 0) is 44.0 Å². The molecule has 0 saturated heterocycles. The van der Waals surface area contributed by atoms with Crippen LogP contribution >= 0.6 is 0 Å². The molecule has 106 valence electrons. The van der Waals surface area contributed by atoms with E-state index in [-0.39, 0.29) is 17.9 Å². The number of nitrogens with two attached hydrogens (primary N) is 1. The summed E-state index contributed by atoms with van der Waals surface area (Å²) < 4.78 is 5.61. The zero-order valence-electron chi connectivity index (χ0n) is 12.2. The lowest BCUT2D eigenvalue weighted by Gasteiger charge is -2.15. The zero-order valence-corrected chi connectivity index (χ0v) is 12.2. The van der Waals surface area contributed by atoms with Gasteiger partial charge in [0.25, 0.3) is 0 Å². The smallest absolute Gasteiger partial charge is 0.224 e. The Morgan fingerprint density at radius 3 is 2.37 bits per heavy atom. The summed E-state index contributed by atoms with van der Waals surface area (Å²) in [4.78, 5) is 11.7. The first-order valence-electron chi connectivity index (χ1n) is 6.64. The minimum atomic E-state index is -0.179. The maximum Gasteiger partial charge on any atom is 0.224 e. The highest BCUT2D eigenvalue weighted by molar-refractivity contribution is 5.78. The van der Waals surface area contributed by atoms with E-state index in [2.05, 4.69) is 11.4 Å². The van der Waals surface area contributed by atoms with Crippen LogP contribution in [-0.2, 0) is 4.79 Å². The number of benzene rings is 1. The second-order valence-corrected chi connectivity index (χ2v) is 5.11. The van der Waals surface area contributed by atoms with Gasteiger partial charge in [-0.25, -0.2) is 0 Å². The van der Waals surface area contributed by atoms with Gasteiger partial charge in [0.15, 0.2) is 0 Å².